The van der Waals surface area contributed by atoms with Crippen LogP contribution in [0.25, 0.3) is 0 Å². The van der Waals surface area contributed by atoms with Crippen LogP contribution in [0.3, 0.4) is 0 Å². The van der Waals surface area contributed by atoms with Gasteiger partial charge in [0.15, 0.2) is 11.9 Å². The van der Waals surface area contributed by atoms with E-state index in [0.29, 0.717) is 16.3 Å². The molecule has 2 aromatic carbocycles. The van der Waals surface area contributed by atoms with Crippen LogP contribution in [0, 0.1) is 0 Å². The Morgan fingerprint density at radius 2 is 1.58 bits per heavy atom. The van der Waals surface area contributed by atoms with Crippen LogP contribution < -0.4 is 10.1 Å². The van der Waals surface area contributed by atoms with E-state index in [1.807, 2.05) is 0 Å². The van der Waals surface area contributed by atoms with Crippen molar-refractivity contribution in [1.82, 2.24) is 0 Å². The first-order chi connectivity index (χ1) is 11.3. The predicted molar refractivity (Wildman–Crippen MR) is 96.6 cm³/mol. The molecule has 0 saturated carbocycles. The molecule has 0 aromatic heterocycles. The Bertz CT molecular complexity index is 775. The SMILES string of the molecule is CC(=O)c1ccc(NC(=O)[C@@H](C)Oc2cc(Cl)c(Cl)cc2Cl)cc1. The van der Waals surface area contributed by atoms with E-state index < -0.39 is 6.10 Å². The maximum Gasteiger partial charge on any atom is 0.265 e. The van der Waals surface area contributed by atoms with E-state index in [1.165, 1.54) is 19.1 Å². The number of Topliss-reactive ketones (excluding diaryl/α,β-unsaturated/α-hetero) is 1. The van der Waals surface area contributed by atoms with Gasteiger partial charge in [-0.1, -0.05) is 34.8 Å². The van der Waals surface area contributed by atoms with Gasteiger partial charge < -0.3 is 10.1 Å². The first-order valence-electron chi connectivity index (χ1n) is 7.01. The van der Waals surface area contributed by atoms with Gasteiger partial charge >= 0.3 is 0 Å². The number of carbonyl (C=O) groups is 2. The van der Waals surface area contributed by atoms with Crippen LogP contribution in [0.1, 0.15) is 24.2 Å². The zero-order chi connectivity index (χ0) is 17.9. The van der Waals surface area contributed by atoms with Gasteiger partial charge in [0.2, 0.25) is 0 Å². The van der Waals surface area contributed by atoms with Gasteiger partial charge in [0.05, 0.1) is 15.1 Å². The summed E-state index contributed by atoms with van der Waals surface area (Å²) in [5, 5.41) is 3.54. The van der Waals surface area contributed by atoms with Crippen molar-refractivity contribution in [1.29, 1.82) is 0 Å². The number of nitrogens with one attached hydrogen (secondary N) is 1. The standard InChI is InChI=1S/C17H14Cl3NO3/c1-9(22)11-3-5-12(6-4-11)21-17(23)10(2)24-16-8-14(19)13(18)7-15(16)20/h3-8,10H,1-2H3,(H,21,23)/t10-/m1/s1. The molecule has 1 atom stereocenters. The van der Waals surface area contributed by atoms with Crippen molar-refractivity contribution >= 4 is 52.2 Å². The van der Waals surface area contributed by atoms with E-state index in [0.717, 1.165) is 0 Å². The highest BCUT2D eigenvalue weighted by molar-refractivity contribution is 6.43. The van der Waals surface area contributed by atoms with Crippen LogP contribution in [-0.4, -0.2) is 17.8 Å². The molecule has 7 heteroatoms. The van der Waals surface area contributed by atoms with Gasteiger partial charge in [-0.3, -0.25) is 9.59 Å². The summed E-state index contributed by atoms with van der Waals surface area (Å²) in [6.45, 7) is 3.06. The zero-order valence-corrected chi connectivity index (χ0v) is 15.2. The number of benzene rings is 2. The summed E-state index contributed by atoms with van der Waals surface area (Å²) in [5.74, 6) is -0.146. The summed E-state index contributed by atoms with van der Waals surface area (Å²) >= 11 is 17.8. The molecule has 4 nitrogen and oxygen atoms in total. The Morgan fingerprint density at radius 1 is 1.00 bits per heavy atom. The van der Waals surface area contributed by atoms with E-state index in [4.69, 9.17) is 39.5 Å². The molecule has 0 unspecified atom stereocenters. The Kier molecular flexibility index (Phi) is 6.10. The molecule has 0 radical (unpaired) electrons. The van der Waals surface area contributed by atoms with Crippen molar-refractivity contribution in [2.24, 2.45) is 0 Å². The number of ether oxygens (including phenoxy) is 1. The maximum atomic E-state index is 12.2. The number of ketones is 1. The fourth-order valence-corrected chi connectivity index (χ4v) is 2.45. The first kappa shape index (κ1) is 18.6. The molecule has 0 saturated heterocycles. The van der Waals surface area contributed by atoms with Crippen molar-refractivity contribution < 1.29 is 14.3 Å². The Labute approximate surface area is 154 Å². The predicted octanol–water partition coefficient (Wildman–Crippen LogP) is 5.26. The zero-order valence-electron chi connectivity index (χ0n) is 12.9. The van der Waals surface area contributed by atoms with Gasteiger partial charge in [0, 0.05) is 17.3 Å². The van der Waals surface area contributed by atoms with Crippen LogP contribution >= 0.6 is 34.8 Å². The normalized spacial score (nSPS) is 11.7. The van der Waals surface area contributed by atoms with Crippen LogP contribution in [-0.2, 0) is 4.79 Å². The molecule has 0 aliphatic carbocycles. The highest BCUT2D eigenvalue weighted by Gasteiger charge is 2.17. The summed E-state index contributed by atoms with van der Waals surface area (Å²) < 4.78 is 5.54. The Morgan fingerprint density at radius 3 is 2.17 bits per heavy atom. The fourth-order valence-electron chi connectivity index (χ4n) is 1.87. The molecule has 2 rings (SSSR count). The van der Waals surface area contributed by atoms with E-state index in [2.05, 4.69) is 5.32 Å². The molecule has 0 fully saturated rings. The number of anilines is 1. The van der Waals surface area contributed by atoms with Crippen LogP contribution in [0.15, 0.2) is 36.4 Å². The monoisotopic (exact) mass is 385 g/mol. The third-order valence-electron chi connectivity index (χ3n) is 3.21. The molecule has 126 valence electrons. The van der Waals surface area contributed by atoms with Crippen molar-refractivity contribution in [3.8, 4) is 5.75 Å². The lowest BCUT2D eigenvalue weighted by Gasteiger charge is -2.16. The summed E-state index contributed by atoms with van der Waals surface area (Å²) in [5.41, 5.74) is 1.13. The summed E-state index contributed by atoms with van der Waals surface area (Å²) in [4.78, 5) is 23.4. The minimum Gasteiger partial charge on any atom is -0.479 e. The quantitative estimate of drug-likeness (QED) is 0.563. The largest absolute Gasteiger partial charge is 0.479 e. The van der Waals surface area contributed by atoms with Crippen molar-refractivity contribution in [3.63, 3.8) is 0 Å². The highest BCUT2D eigenvalue weighted by Crippen LogP contribution is 2.34. The lowest BCUT2D eigenvalue weighted by molar-refractivity contribution is -0.122. The van der Waals surface area contributed by atoms with E-state index >= 15 is 0 Å². The van der Waals surface area contributed by atoms with Crippen molar-refractivity contribution in [2.75, 3.05) is 5.32 Å². The van der Waals surface area contributed by atoms with Gasteiger partial charge in [-0.25, -0.2) is 0 Å². The Hall–Kier alpha value is -1.75. The molecule has 0 aliphatic heterocycles. The Balaban J connectivity index is 2.04. The molecular weight excluding hydrogens is 373 g/mol. The number of hydrogen-bond acceptors (Lipinski definition) is 3. The van der Waals surface area contributed by atoms with E-state index in [1.54, 1.807) is 31.2 Å². The van der Waals surface area contributed by atoms with Crippen LogP contribution in [0.2, 0.25) is 15.1 Å². The van der Waals surface area contributed by atoms with Gasteiger partial charge in [-0.05, 0) is 44.2 Å². The smallest absolute Gasteiger partial charge is 0.265 e. The minimum atomic E-state index is -0.813. The van der Waals surface area contributed by atoms with Crippen molar-refractivity contribution in [3.05, 3.63) is 57.0 Å². The van der Waals surface area contributed by atoms with Crippen LogP contribution in [0.4, 0.5) is 5.69 Å². The molecule has 0 bridgehead atoms. The lowest BCUT2D eigenvalue weighted by atomic mass is 10.1. The lowest BCUT2D eigenvalue weighted by Crippen LogP contribution is -2.30. The maximum absolute atomic E-state index is 12.2. The molecule has 1 amide bonds. The molecule has 0 heterocycles. The number of carbonyl (C=O) groups excluding carboxylic acids is 2. The van der Waals surface area contributed by atoms with E-state index in [-0.39, 0.29) is 27.5 Å². The molecular formula is C17H14Cl3NO3. The number of amides is 1. The topological polar surface area (TPSA) is 55.4 Å². The average molecular weight is 387 g/mol. The van der Waals surface area contributed by atoms with Crippen molar-refractivity contribution in [2.45, 2.75) is 20.0 Å². The number of rotatable bonds is 5. The second kappa shape index (κ2) is 7.88. The average Bonchev–Trinajstić information content (AvgIpc) is 2.53. The van der Waals surface area contributed by atoms with E-state index in [9.17, 15) is 9.59 Å². The highest BCUT2D eigenvalue weighted by atomic mass is 35.5. The van der Waals surface area contributed by atoms with Gasteiger partial charge in [0.1, 0.15) is 5.75 Å². The van der Waals surface area contributed by atoms with Gasteiger partial charge in [-0.2, -0.15) is 0 Å². The fraction of sp³-hybridized carbons (Fsp3) is 0.176. The second-order valence-corrected chi connectivity index (χ2v) is 6.30. The third kappa shape index (κ3) is 4.63. The second-order valence-electron chi connectivity index (χ2n) is 5.08. The summed E-state index contributed by atoms with van der Waals surface area (Å²) in [6, 6.07) is 9.48. The molecule has 0 spiro atoms. The first-order valence-corrected chi connectivity index (χ1v) is 8.14. The van der Waals surface area contributed by atoms with Crippen LogP contribution in [0.5, 0.6) is 5.75 Å². The molecule has 24 heavy (non-hydrogen) atoms. The third-order valence-corrected chi connectivity index (χ3v) is 4.22. The summed E-state index contributed by atoms with van der Waals surface area (Å²) in [7, 11) is 0. The van der Waals surface area contributed by atoms with Gasteiger partial charge in [0.25, 0.3) is 5.91 Å². The minimum absolute atomic E-state index is 0.0427. The molecule has 2 aromatic rings. The molecule has 1 N–H and O–H groups in total. The number of halogens is 3. The van der Waals surface area contributed by atoms with Gasteiger partial charge in [-0.15, -0.1) is 0 Å². The summed E-state index contributed by atoms with van der Waals surface area (Å²) in [6.07, 6.45) is -0.813. The number of hydrogen-bond donors (Lipinski definition) is 1. The molecule has 0 aliphatic rings.